The minimum Gasteiger partial charge on any atom is -0.476 e. The maximum Gasteiger partial charge on any atom is 0.356 e. The maximum absolute atomic E-state index is 10.8. The number of nitrogens with one attached hydrogen (secondary N) is 1. The van der Waals surface area contributed by atoms with Crippen LogP contribution in [-0.4, -0.2) is 21.0 Å². The summed E-state index contributed by atoms with van der Waals surface area (Å²) in [5.41, 5.74) is 0.931. The van der Waals surface area contributed by atoms with Crippen LogP contribution in [0.15, 0.2) is 36.7 Å². The number of benzene rings is 1. The molecule has 2 N–H and O–H groups in total. The highest BCUT2D eigenvalue weighted by Gasteiger charge is 2.09. The van der Waals surface area contributed by atoms with Crippen LogP contribution in [0.4, 0.5) is 5.82 Å². The Morgan fingerprint density at radius 2 is 2.00 bits per heavy atom. The molecule has 98 valence electrons. The number of hydrogen-bond acceptors (Lipinski definition) is 4. The Morgan fingerprint density at radius 3 is 2.63 bits per heavy atom. The first-order valence-corrected chi connectivity index (χ1v) is 6.01. The van der Waals surface area contributed by atoms with Gasteiger partial charge in [-0.15, -0.1) is 0 Å². The van der Waals surface area contributed by atoms with Gasteiger partial charge in [-0.05, 0) is 24.6 Å². The lowest BCUT2D eigenvalue weighted by Gasteiger charge is -2.14. The predicted molar refractivity (Wildman–Crippen MR) is 72.5 cm³/mol. The van der Waals surface area contributed by atoms with Crippen molar-refractivity contribution in [3.05, 3.63) is 52.9 Å². The average molecular weight is 278 g/mol. The Labute approximate surface area is 115 Å². The number of halogens is 1. The van der Waals surface area contributed by atoms with E-state index in [1.54, 1.807) is 12.1 Å². The van der Waals surface area contributed by atoms with Crippen molar-refractivity contribution in [3.8, 4) is 0 Å². The van der Waals surface area contributed by atoms with E-state index in [-0.39, 0.29) is 11.7 Å². The number of aromatic carboxylic acids is 1. The fourth-order valence-electron chi connectivity index (χ4n) is 1.60. The van der Waals surface area contributed by atoms with Crippen LogP contribution < -0.4 is 5.32 Å². The summed E-state index contributed by atoms with van der Waals surface area (Å²) in [5, 5.41) is 12.6. The van der Waals surface area contributed by atoms with E-state index in [2.05, 4.69) is 15.3 Å². The predicted octanol–water partition coefficient (Wildman–Crippen LogP) is 3.00. The van der Waals surface area contributed by atoms with Crippen molar-refractivity contribution in [1.82, 2.24) is 9.97 Å². The Balaban J connectivity index is 2.14. The maximum atomic E-state index is 10.8. The van der Waals surface area contributed by atoms with Crippen molar-refractivity contribution >= 4 is 23.4 Å². The molecule has 1 aromatic heterocycles. The van der Waals surface area contributed by atoms with Gasteiger partial charge < -0.3 is 10.4 Å². The quantitative estimate of drug-likeness (QED) is 0.898. The lowest BCUT2D eigenvalue weighted by molar-refractivity contribution is 0.0690. The normalized spacial score (nSPS) is 11.9. The number of nitrogens with zero attached hydrogens (tertiary/aromatic N) is 2. The van der Waals surface area contributed by atoms with Crippen LogP contribution in [0.2, 0.25) is 5.02 Å². The summed E-state index contributed by atoms with van der Waals surface area (Å²) in [6.07, 6.45) is 2.69. The molecule has 0 saturated carbocycles. The van der Waals surface area contributed by atoms with Gasteiger partial charge in [0.15, 0.2) is 5.69 Å². The second-order valence-corrected chi connectivity index (χ2v) is 4.45. The highest BCUT2D eigenvalue weighted by atomic mass is 35.5. The van der Waals surface area contributed by atoms with Crippen molar-refractivity contribution in [1.29, 1.82) is 0 Å². The molecule has 6 heteroatoms. The molecule has 1 atom stereocenters. The smallest absolute Gasteiger partial charge is 0.356 e. The number of hydrogen-bond donors (Lipinski definition) is 2. The lowest BCUT2D eigenvalue weighted by Crippen LogP contribution is -2.10. The van der Waals surface area contributed by atoms with E-state index in [9.17, 15) is 4.79 Å². The molecule has 0 fully saturated rings. The van der Waals surface area contributed by atoms with Gasteiger partial charge in [-0.2, -0.15) is 0 Å². The van der Waals surface area contributed by atoms with Gasteiger partial charge in [-0.1, -0.05) is 23.7 Å². The molecule has 0 aliphatic rings. The van der Waals surface area contributed by atoms with E-state index >= 15 is 0 Å². The summed E-state index contributed by atoms with van der Waals surface area (Å²) >= 11 is 5.82. The number of carboxylic acid groups (broad SMARTS) is 1. The number of carboxylic acids is 1. The zero-order valence-electron chi connectivity index (χ0n) is 10.2. The van der Waals surface area contributed by atoms with E-state index in [0.29, 0.717) is 10.8 Å². The highest BCUT2D eigenvalue weighted by molar-refractivity contribution is 6.30. The first-order valence-electron chi connectivity index (χ1n) is 5.63. The number of carbonyl (C=O) groups is 1. The van der Waals surface area contributed by atoms with Gasteiger partial charge in [0, 0.05) is 11.1 Å². The van der Waals surface area contributed by atoms with Crippen molar-refractivity contribution < 1.29 is 9.90 Å². The summed E-state index contributed by atoms with van der Waals surface area (Å²) in [7, 11) is 0. The molecular formula is C13H12ClN3O2. The molecule has 0 aliphatic heterocycles. The van der Waals surface area contributed by atoms with Crippen LogP contribution in [0.5, 0.6) is 0 Å². The molecule has 0 amide bonds. The van der Waals surface area contributed by atoms with Crippen molar-refractivity contribution in [3.63, 3.8) is 0 Å². The number of rotatable bonds is 4. The van der Waals surface area contributed by atoms with Gasteiger partial charge >= 0.3 is 5.97 Å². The number of aromatic nitrogens is 2. The molecule has 1 heterocycles. The average Bonchev–Trinajstić information content (AvgIpc) is 2.39. The SMILES string of the molecule is CC(Nc1cncc(C(=O)O)n1)c1ccc(Cl)cc1. The molecule has 0 saturated heterocycles. The monoisotopic (exact) mass is 277 g/mol. The first kappa shape index (κ1) is 13.3. The molecule has 0 radical (unpaired) electrons. The van der Waals surface area contributed by atoms with Crippen LogP contribution in [0.3, 0.4) is 0 Å². The fraction of sp³-hybridized carbons (Fsp3) is 0.154. The molecule has 0 aliphatic carbocycles. The van der Waals surface area contributed by atoms with Gasteiger partial charge in [0.1, 0.15) is 5.82 Å². The van der Waals surface area contributed by atoms with Crippen molar-refractivity contribution in [2.45, 2.75) is 13.0 Å². The van der Waals surface area contributed by atoms with E-state index in [0.717, 1.165) is 5.56 Å². The van der Waals surface area contributed by atoms with Crippen molar-refractivity contribution in [2.75, 3.05) is 5.32 Å². The third-order valence-corrected chi connectivity index (χ3v) is 2.84. The van der Waals surface area contributed by atoms with Gasteiger partial charge in [-0.25, -0.2) is 9.78 Å². The van der Waals surface area contributed by atoms with Crippen LogP contribution >= 0.6 is 11.6 Å². The summed E-state index contributed by atoms with van der Waals surface area (Å²) in [4.78, 5) is 18.6. The zero-order chi connectivity index (χ0) is 13.8. The molecule has 5 nitrogen and oxygen atoms in total. The molecule has 2 aromatic rings. The van der Waals surface area contributed by atoms with Gasteiger partial charge in [0.25, 0.3) is 0 Å². The molecule has 19 heavy (non-hydrogen) atoms. The molecule has 0 spiro atoms. The zero-order valence-corrected chi connectivity index (χ0v) is 10.9. The van der Waals surface area contributed by atoms with Gasteiger partial charge in [0.05, 0.1) is 12.4 Å². The molecule has 2 rings (SSSR count). The van der Waals surface area contributed by atoms with Gasteiger partial charge in [0.2, 0.25) is 0 Å². The second-order valence-electron chi connectivity index (χ2n) is 4.01. The molecule has 1 aromatic carbocycles. The van der Waals surface area contributed by atoms with Crippen molar-refractivity contribution in [2.24, 2.45) is 0 Å². The van der Waals surface area contributed by atoms with E-state index in [1.807, 2.05) is 19.1 Å². The summed E-state index contributed by atoms with van der Waals surface area (Å²) in [5.74, 6) is -0.683. The van der Waals surface area contributed by atoms with E-state index in [4.69, 9.17) is 16.7 Å². The minimum atomic E-state index is -1.10. The Kier molecular flexibility index (Phi) is 3.97. The fourth-order valence-corrected chi connectivity index (χ4v) is 1.72. The molecule has 1 unspecified atom stereocenters. The first-order chi connectivity index (χ1) is 9.06. The highest BCUT2D eigenvalue weighted by Crippen LogP contribution is 2.19. The Bertz CT molecular complexity index is 587. The standard InChI is InChI=1S/C13H12ClN3O2/c1-8(9-2-4-10(14)5-3-9)16-12-7-15-6-11(17-12)13(18)19/h2-8H,1H3,(H,16,17)(H,18,19). The van der Waals surface area contributed by atoms with Gasteiger partial charge in [-0.3, -0.25) is 4.98 Å². The second kappa shape index (κ2) is 5.67. The van der Waals surface area contributed by atoms with E-state index in [1.165, 1.54) is 12.4 Å². The minimum absolute atomic E-state index is 0.0318. The molecular weight excluding hydrogens is 266 g/mol. The van der Waals surface area contributed by atoms with Crippen LogP contribution in [-0.2, 0) is 0 Å². The third-order valence-electron chi connectivity index (χ3n) is 2.59. The van der Waals surface area contributed by atoms with E-state index < -0.39 is 5.97 Å². The Morgan fingerprint density at radius 1 is 1.32 bits per heavy atom. The summed E-state index contributed by atoms with van der Waals surface area (Å²) in [6, 6.07) is 7.36. The van der Waals surface area contributed by atoms with Crippen LogP contribution in [0.1, 0.15) is 29.0 Å². The molecule has 0 bridgehead atoms. The van der Waals surface area contributed by atoms with Crippen LogP contribution in [0.25, 0.3) is 0 Å². The summed E-state index contributed by atoms with van der Waals surface area (Å²) < 4.78 is 0. The number of anilines is 1. The largest absolute Gasteiger partial charge is 0.476 e. The third kappa shape index (κ3) is 3.42. The van der Waals surface area contributed by atoms with Crippen LogP contribution in [0, 0.1) is 0 Å². The Hall–Kier alpha value is -2.14. The topological polar surface area (TPSA) is 75.1 Å². The summed E-state index contributed by atoms with van der Waals surface area (Å²) in [6.45, 7) is 1.94. The lowest BCUT2D eigenvalue weighted by atomic mass is 10.1.